The van der Waals surface area contributed by atoms with Gasteiger partial charge in [0.15, 0.2) is 0 Å². The van der Waals surface area contributed by atoms with Crippen LogP contribution in [0.3, 0.4) is 0 Å². The molecule has 0 aromatic carbocycles. The lowest BCUT2D eigenvalue weighted by atomic mass is 10.1. The lowest BCUT2D eigenvalue weighted by molar-refractivity contribution is -0.123. The van der Waals surface area contributed by atoms with Crippen molar-refractivity contribution in [2.45, 2.75) is 56.8 Å². The summed E-state index contributed by atoms with van der Waals surface area (Å²) in [5, 5.41) is 9.97. The van der Waals surface area contributed by atoms with Gasteiger partial charge in [0.25, 0.3) is 4.93 Å². The highest BCUT2D eigenvalue weighted by Crippen LogP contribution is 2.23. The summed E-state index contributed by atoms with van der Waals surface area (Å²) in [7, 11) is -4.37. The molecule has 0 radical (unpaired) electrons. The molecule has 0 aliphatic heterocycles. The number of allylic oxidation sites excluding steroid dienone is 2. The third kappa shape index (κ3) is 5.05. The second-order valence-corrected chi connectivity index (χ2v) is 6.94. The minimum atomic E-state index is -4.37. The Kier molecular flexibility index (Phi) is 7.28. The van der Waals surface area contributed by atoms with E-state index in [0.29, 0.717) is 6.42 Å². The van der Waals surface area contributed by atoms with E-state index in [4.69, 9.17) is 4.18 Å². The molecule has 5 nitrogen and oxygen atoms in total. The van der Waals surface area contributed by atoms with Gasteiger partial charge < -0.3 is 5.11 Å². The van der Waals surface area contributed by atoms with Gasteiger partial charge in [0.05, 0.1) is 6.61 Å². The van der Waals surface area contributed by atoms with Crippen molar-refractivity contribution in [3.05, 3.63) is 24.3 Å². The van der Waals surface area contributed by atoms with Crippen LogP contribution in [0.25, 0.3) is 0 Å². The molecule has 1 N–H and O–H groups in total. The molecule has 0 heterocycles. The molecule has 0 spiro atoms. The zero-order valence-corrected chi connectivity index (χ0v) is 13.3. The standard InChI is InChI=1S/C15H24O5S/c1-2-3-4-5-6-7-10-13-20-21(18,19)15(17)12-9-8-11-14(15)16/h8-9,11-12,17H,2-7,10,13H2,1H3. The van der Waals surface area contributed by atoms with Gasteiger partial charge in [-0.25, -0.2) is 0 Å². The Hall–Kier alpha value is -0.980. The van der Waals surface area contributed by atoms with Crippen LogP contribution >= 0.6 is 0 Å². The van der Waals surface area contributed by atoms with Crippen molar-refractivity contribution in [3.63, 3.8) is 0 Å². The van der Waals surface area contributed by atoms with Crippen LogP contribution in [0, 0.1) is 0 Å². The maximum Gasteiger partial charge on any atom is 0.309 e. The Balaban J connectivity index is 2.32. The number of hydrogen-bond donors (Lipinski definition) is 1. The molecule has 0 amide bonds. The van der Waals surface area contributed by atoms with Crippen LogP contribution in [0.2, 0.25) is 0 Å². The third-order valence-electron chi connectivity index (χ3n) is 3.40. The first-order valence-electron chi connectivity index (χ1n) is 7.45. The second kappa shape index (κ2) is 8.46. The lowest BCUT2D eigenvalue weighted by Crippen LogP contribution is -2.45. The highest BCUT2D eigenvalue weighted by atomic mass is 32.2. The first-order chi connectivity index (χ1) is 9.94. The molecule has 0 bridgehead atoms. The molecule has 1 aliphatic rings. The second-order valence-electron chi connectivity index (χ2n) is 5.18. The van der Waals surface area contributed by atoms with Gasteiger partial charge in [-0.15, -0.1) is 0 Å². The van der Waals surface area contributed by atoms with Crippen LogP contribution in [0.1, 0.15) is 51.9 Å². The van der Waals surface area contributed by atoms with Crippen molar-refractivity contribution < 1.29 is 22.5 Å². The Labute approximate surface area is 126 Å². The molecule has 0 aromatic rings. The van der Waals surface area contributed by atoms with Gasteiger partial charge in [-0.2, -0.15) is 8.42 Å². The Bertz CT molecular complexity index is 492. The topological polar surface area (TPSA) is 80.7 Å². The number of unbranched alkanes of at least 4 members (excludes halogenated alkanes) is 6. The van der Waals surface area contributed by atoms with Crippen molar-refractivity contribution in [1.29, 1.82) is 0 Å². The van der Waals surface area contributed by atoms with Gasteiger partial charge in [0, 0.05) is 0 Å². The van der Waals surface area contributed by atoms with E-state index in [9.17, 15) is 18.3 Å². The van der Waals surface area contributed by atoms with Crippen LogP contribution < -0.4 is 0 Å². The summed E-state index contributed by atoms with van der Waals surface area (Å²) < 4.78 is 28.6. The average Bonchev–Trinajstić information content (AvgIpc) is 2.45. The molecule has 0 fully saturated rings. The van der Waals surface area contributed by atoms with Crippen LogP contribution in [-0.2, 0) is 19.1 Å². The molecule has 21 heavy (non-hydrogen) atoms. The Morgan fingerprint density at radius 2 is 1.71 bits per heavy atom. The van der Waals surface area contributed by atoms with E-state index in [2.05, 4.69) is 6.92 Å². The number of hydrogen-bond acceptors (Lipinski definition) is 5. The number of ketones is 1. The van der Waals surface area contributed by atoms with Gasteiger partial charge in [0.1, 0.15) is 0 Å². The van der Waals surface area contributed by atoms with Gasteiger partial charge in [-0.3, -0.25) is 8.98 Å². The van der Waals surface area contributed by atoms with Gasteiger partial charge >= 0.3 is 10.1 Å². The van der Waals surface area contributed by atoms with E-state index >= 15 is 0 Å². The highest BCUT2D eigenvalue weighted by molar-refractivity contribution is 7.89. The SMILES string of the molecule is CCCCCCCCCOS(=O)(=O)C1(O)C=CC=CC1=O. The van der Waals surface area contributed by atoms with Crippen molar-refractivity contribution in [2.75, 3.05) is 6.61 Å². The molecule has 1 unspecified atom stereocenters. The molecule has 0 saturated carbocycles. The molecule has 1 atom stereocenters. The summed E-state index contributed by atoms with van der Waals surface area (Å²) in [6.07, 6.45) is 11.9. The van der Waals surface area contributed by atoms with Gasteiger partial charge in [-0.1, -0.05) is 57.6 Å². The van der Waals surface area contributed by atoms with Crippen LogP contribution in [0.4, 0.5) is 0 Å². The molecular formula is C15H24O5S. The largest absolute Gasteiger partial charge is 0.363 e. The predicted molar refractivity (Wildman–Crippen MR) is 81.1 cm³/mol. The molecule has 1 rings (SSSR count). The van der Waals surface area contributed by atoms with E-state index in [1.807, 2.05) is 0 Å². The first kappa shape index (κ1) is 18.1. The van der Waals surface area contributed by atoms with Gasteiger partial charge in [-0.05, 0) is 18.6 Å². The van der Waals surface area contributed by atoms with Crippen LogP contribution in [-0.4, -0.2) is 30.8 Å². The Morgan fingerprint density at radius 1 is 1.10 bits per heavy atom. The fraction of sp³-hybridized carbons (Fsp3) is 0.667. The van der Waals surface area contributed by atoms with Crippen molar-refractivity contribution in [3.8, 4) is 0 Å². The predicted octanol–water partition coefficient (Wildman–Crippen LogP) is 2.47. The van der Waals surface area contributed by atoms with Crippen molar-refractivity contribution >= 4 is 15.9 Å². The summed E-state index contributed by atoms with van der Waals surface area (Å²) in [6.45, 7) is 2.14. The normalized spacial score (nSPS) is 21.9. The van der Waals surface area contributed by atoms with E-state index in [1.165, 1.54) is 31.4 Å². The van der Waals surface area contributed by atoms with Gasteiger partial charge in [0.2, 0.25) is 5.78 Å². The van der Waals surface area contributed by atoms with Crippen molar-refractivity contribution in [2.24, 2.45) is 0 Å². The summed E-state index contributed by atoms with van der Waals surface area (Å²) in [6, 6.07) is 0. The first-order valence-corrected chi connectivity index (χ1v) is 8.86. The number of carbonyl (C=O) groups excluding carboxylic acids is 1. The molecule has 6 heteroatoms. The monoisotopic (exact) mass is 316 g/mol. The molecule has 120 valence electrons. The summed E-state index contributed by atoms with van der Waals surface area (Å²) >= 11 is 0. The van der Waals surface area contributed by atoms with E-state index in [0.717, 1.165) is 31.4 Å². The maximum atomic E-state index is 11.9. The van der Waals surface area contributed by atoms with Crippen LogP contribution in [0.5, 0.6) is 0 Å². The number of carbonyl (C=O) groups is 1. The summed E-state index contributed by atoms with van der Waals surface area (Å²) in [4.78, 5) is 8.97. The minimum absolute atomic E-state index is 0.0107. The summed E-state index contributed by atoms with van der Waals surface area (Å²) in [5.41, 5.74) is 0. The number of rotatable bonds is 10. The maximum absolute atomic E-state index is 11.9. The zero-order chi connectivity index (χ0) is 15.8. The van der Waals surface area contributed by atoms with Crippen LogP contribution in [0.15, 0.2) is 24.3 Å². The highest BCUT2D eigenvalue weighted by Gasteiger charge is 2.47. The quantitative estimate of drug-likeness (QED) is 0.494. The zero-order valence-electron chi connectivity index (χ0n) is 12.5. The molecule has 0 saturated heterocycles. The van der Waals surface area contributed by atoms with Crippen molar-refractivity contribution in [1.82, 2.24) is 0 Å². The van der Waals surface area contributed by atoms with E-state index in [-0.39, 0.29) is 6.61 Å². The molecule has 0 aromatic heterocycles. The molecule has 1 aliphatic carbocycles. The molecular weight excluding hydrogens is 292 g/mol. The minimum Gasteiger partial charge on any atom is -0.363 e. The fourth-order valence-electron chi connectivity index (χ4n) is 2.05. The Morgan fingerprint density at radius 3 is 2.33 bits per heavy atom. The smallest absolute Gasteiger partial charge is 0.309 e. The summed E-state index contributed by atoms with van der Waals surface area (Å²) in [5.74, 6) is -0.899. The van der Waals surface area contributed by atoms with E-state index < -0.39 is 20.8 Å². The fourth-order valence-corrected chi connectivity index (χ4v) is 3.13. The third-order valence-corrected chi connectivity index (χ3v) is 4.98. The van der Waals surface area contributed by atoms with E-state index in [1.54, 1.807) is 0 Å². The lowest BCUT2D eigenvalue weighted by Gasteiger charge is -2.22. The number of aliphatic hydroxyl groups is 1. The average molecular weight is 316 g/mol.